The number of nitrogens with zero attached hydrogens (tertiary/aromatic N) is 2. The molecular weight excluding hydrogens is 450 g/mol. The average Bonchev–Trinajstić information content (AvgIpc) is 3.46. The summed E-state index contributed by atoms with van der Waals surface area (Å²) in [6.45, 7) is 5.41. The van der Waals surface area contributed by atoms with E-state index < -0.39 is 15.4 Å². The second-order valence-electron chi connectivity index (χ2n) is 11.9. The number of sulfonamides is 1. The third-order valence-electron chi connectivity index (χ3n) is 10.6. The van der Waals surface area contributed by atoms with Gasteiger partial charge in [0, 0.05) is 24.5 Å². The minimum Gasteiger partial charge on any atom is -0.329 e. The minimum absolute atomic E-state index is 0.0128. The van der Waals surface area contributed by atoms with Gasteiger partial charge >= 0.3 is 6.03 Å². The van der Waals surface area contributed by atoms with Crippen molar-refractivity contribution in [1.29, 1.82) is 0 Å². The number of amides is 3. The van der Waals surface area contributed by atoms with Gasteiger partial charge in [-0.05, 0) is 72.8 Å². The van der Waals surface area contributed by atoms with E-state index in [1.165, 1.54) is 16.0 Å². The molecule has 184 valence electrons. The summed E-state index contributed by atoms with van der Waals surface area (Å²) in [6.07, 6.45) is 6.32. The van der Waals surface area contributed by atoms with Crippen LogP contribution in [-0.2, 0) is 26.7 Å². The van der Waals surface area contributed by atoms with Crippen LogP contribution in [0.4, 0.5) is 4.79 Å². The first kappa shape index (κ1) is 22.5. The zero-order chi connectivity index (χ0) is 23.9. The molecule has 3 amide bonds. The predicted molar refractivity (Wildman–Crippen MR) is 129 cm³/mol. The fraction of sp³-hybridized carbons (Fsp3) is 0.692. The lowest BCUT2D eigenvalue weighted by Gasteiger charge is -2.46. The molecule has 4 fully saturated rings. The molecule has 3 atom stereocenters. The van der Waals surface area contributed by atoms with E-state index in [2.05, 4.69) is 43.4 Å². The van der Waals surface area contributed by atoms with Crippen LogP contribution in [0.3, 0.4) is 0 Å². The van der Waals surface area contributed by atoms with Crippen molar-refractivity contribution in [2.45, 2.75) is 70.3 Å². The highest BCUT2D eigenvalue weighted by atomic mass is 32.2. The molecule has 2 saturated heterocycles. The second kappa shape index (κ2) is 7.29. The smallest absolute Gasteiger partial charge is 0.324 e. The number of hydrogen-bond donors (Lipinski definition) is 1. The van der Waals surface area contributed by atoms with Crippen LogP contribution in [-0.4, -0.2) is 61.0 Å². The number of urea groups is 1. The lowest BCUT2D eigenvalue weighted by molar-refractivity contribution is -0.128. The van der Waals surface area contributed by atoms with E-state index >= 15 is 0 Å². The maximum atomic E-state index is 13.9. The molecule has 2 bridgehead atoms. The van der Waals surface area contributed by atoms with Gasteiger partial charge in [0.1, 0.15) is 0 Å². The quantitative estimate of drug-likeness (QED) is 0.664. The Bertz CT molecular complexity index is 1140. The summed E-state index contributed by atoms with van der Waals surface area (Å²) in [5.41, 5.74) is 2.10. The highest BCUT2D eigenvalue weighted by molar-refractivity contribution is 7.89. The van der Waals surface area contributed by atoms with Gasteiger partial charge in [0.2, 0.25) is 15.9 Å². The summed E-state index contributed by atoms with van der Waals surface area (Å²) in [7, 11) is -3.54. The molecule has 1 N–H and O–H groups in total. The summed E-state index contributed by atoms with van der Waals surface area (Å²) in [6, 6.07) is 7.92. The van der Waals surface area contributed by atoms with Crippen LogP contribution < -0.4 is 5.32 Å². The average molecular weight is 486 g/mol. The van der Waals surface area contributed by atoms with Crippen LogP contribution in [0.2, 0.25) is 0 Å². The fourth-order valence-corrected chi connectivity index (χ4v) is 10.7. The van der Waals surface area contributed by atoms with Crippen LogP contribution in [0.25, 0.3) is 0 Å². The first-order chi connectivity index (χ1) is 16.1. The molecule has 0 aromatic heterocycles. The molecular formula is C26H35N3O4S. The van der Waals surface area contributed by atoms with E-state index in [1.54, 1.807) is 4.31 Å². The number of benzene rings is 1. The standard InChI is InChI=1S/C26H35N3O4S/c1-24(2)19-8-10-26(24,21(15-19)29-22(30)16-27-23(29)31)17-34(32,33)28-13-11-25(12-14-28)9-7-18-5-3-4-6-20(18)25/h3-6,19,21H,7-17H2,1-2H3,(H,27,31)/t19-,21+,26-/m1/s1. The van der Waals surface area contributed by atoms with Crippen LogP contribution in [0.15, 0.2) is 24.3 Å². The SMILES string of the molecule is CC1(C)[C@@H]2CC[C@@]1(CS(=O)(=O)N1CCC3(CCc4ccccc43)CC1)[C@@H](N1C(=O)CNC1=O)C2. The van der Waals surface area contributed by atoms with Gasteiger partial charge in [0.25, 0.3) is 0 Å². The van der Waals surface area contributed by atoms with E-state index in [4.69, 9.17) is 0 Å². The molecule has 34 heavy (non-hydrogen) atoms. The number of carbonyl (C=O) groups excluding carboxylic acids is 2. The Balaban J connectivity index is 1.25. The summed E-state index contributed by atoms with van der Waals surface area (Å²) < 4.78 is 29.5. The van der Waals surface area contributed by atoms with Crippen LogP contribution in [0.1, 0.15) is 63.5 Å². The number of nitrogens with one attached hydrogen (secondary N) is 1. The maximum absolute atomic E-state index is 13.9. The number of carbonyl (C=O) groups is 2. The van der Waals surface area contributed by atoms with E-state index in [0.717, 1.165) is 38.5 Å². The van der Waals surface area contributed by atoms with Crippen molar-refractivity contribution in [1.82, 2.24) is 14.5 Å². The van der Waals surface area contributed by atoms with Crippen LogP contribution in [0, 0.1) is 16.7 Å². The molecule has 0 radical (unpaired) electrons. The zero-order valence-electron chi connectivity index (χ0n) is 20.2. The van der Waals surface area contributed by atoms with Gasteiger partial charge in [0.15, 0.2) is 0 Å². The van der Waals surface area contributed by atoms with Crippen molar-refractivity contribution in [2.75, 3.05) is 25.4 Å². The van der Waals surface area contributed by atoms with E-state index in [9.17, 15) is 18.0 Å². The molecule has 7 nitrogen and oxygen atoms in total. The Kier molecular flexibility index (Phi) is 4.83. The van der Waals surface area contributed by atoms with Gasteiger partial charge < -0.3 is 5.32 Å². The number of imide groups is 1. The number of fused-ring (bicyclic) bond motifs is 4. The normalized spacial score (nSPS) is 34.1. The number of piperidine rings is 1. The number of aryl methyl sites for hydroxylation is 1. The van der Waals surface area contributed by atoms with Crippen molar-refractivity contribution in [3.8, 4) is 0 Å². The van der Waals surface area contributed by atoms with Crippen molar-refractivity contribution in [3.05, 3.63) is 35.4 Å². The second-order valence-corrected chi connectivity index (χ2v) is 13.8. The molecule has 3 aliphatic carbocycles. The Labute approximate surface area is 202 Å². The van der Waals surface area contributed by atoms with Crippen molar-refractivity contribution in [3.63, 3.8) is 0 Å². The van der Waals surface area contributed by atoms with Gasteiger partial charge in [-0.15, -0.1) is 0 Å². The summed E-state index contributed by atoms with van der Waals surface area (Å²) in [5, 5.41) is 2.64. The molecule has 5 aliphatic rings. The van der Waals surface area contributed by atoms with E-state index in [-0.39, 0.29) is 41.1 Å². The Morgan fingerprint density at radius 2 is 1.79 bits per heavy atom. The van der Waals surface area contributed by atoms with E-state index in [0.29, 0.717) is 25.4 Å². The topological polar surface area (TPSA) is 86.8 Å². The largest absolute Gasteiger partial charge is 0.329 e. The zero-order valence-corrected chi connectivity index (χ0v) is 21.0. The van der Waals surface area contributed by atoms with Gasteiger partial charge in [-0.2, -0.15) is 0 Å². The van der Waals surface area contributed by atoms with Gasteiger partial charge in [0.05, 0.1) is 12.3 Å². The third-order valence-corrected chi connectivity index (χ3v) is 12.6. The predicted octanol–water partition coefficient (Wildman–Crippen LogP) is 3.04. The number of rotatable bonds is 4. The first-order valence-electron chi connectivity index (χ1n) is 12.8. The molecule has 2 aliphatic heterocycles. The molecule has 0 unspecified atom stereocenters. The Morgan fingerprint density at radius 1 is 1.06 bits per heavy atom. The molecule has 1 aromatic rings. The summed E-state index contributed by atoms with van der Waals surface area (Å²) in [4.78, 5) is 26.5. The number of hydrogen-bond acceptors (Lipinski definition) is 4. The highest BCUT2D eigenvalue weighted by Crippen LogP contribution is 2.67. The van der Waals surface area contributed by atoms with Gasteiger partial charge in [-0.1, -0.05) is 38.1 Å². The van der Waals surface area contributed by atoms with Gasteiger partial charge in [-0.25, -0.2) is 17.5 Å². The molecule has 1 aromatic carbocycles. The molecule has 6 rings (SSSR count). The Hall–Kier alpha value is -1.93. The molecule has 2 saturated carbocycles. The lowest BCUT2D eigenvalue weighted by atomic mass is 9.68. The van der Waals surface area contributed by atoms with Crippen molar-refractivity contribution < 1.29 is 18.0 Å². The first-order valence-corrected chi connectivity index (χ1v) is 14.4. The summed E-state index contributed by atoms with van der Waals surface area (Å²) in [5.74, 6) is 0.123. The monoisotopic (exact) mass is 485 g/mol. The van der Waals surface area contributed by atoms with E-state index in [1.807, 2.05) is 0 Å². The third kappa shape index (κ3) is 2.93. The maximum Gasteiger partial charge on any atom is 0.324 e. The van der Waals surface area contributed by atoms with Crippen LogP contribution in [0.5, 0.6) is 0 Å². The molecule has 8 heteroatoms. The highest BCUT2D eigenvalue weighted by Gasteiger charge is 2.68. The molecule has 2 heterocycles. The van der Waals surface area contributed by atoms with Crippen molar-refractivity contribution >= 4 is 22.0 Å². The minimum atomic E-state index is -3.54. The Morgan fingerprint density at radius 3 is 2.47 bits per heavy atom. The van der Waals surface area contributed by atoms with Crippen molar-refractivity contribution in [2.24, 2.45) is 16.7 Å². The molecule has 1 spiro atoms. The summed E-state index contributed by atoms with van der Waals surface area (Å²) >= 11 is 0. The van der Waals surface area contributed by atoms with Gasteiger partial charge in [-0.3, -0.25) is 9.69 Å². The van der Waals surface area contributed by atoms with Crippen LogP contribution >= 0.6 is 0 Å². The fourth-order valence-electron chi connectivity index (χ4n) is 8.37. The lowest BCUT2D eigenvalue weighted by Crippen LogP contribution is -2.56.